The van der Waals surface area contributed by atoms with E-state index in [-0.39, 0.29) is 0 Å². The van der Waals surface area contributed by atoms with Crippen LogP contribution in [0.1, 0.15) is 20.8 Å². The summed E-state index contributed by atoms with van der Waals surface area (Å²) in [5, 5.41) is 0. The minimum atomic E-state index is -4.83. The van der Waals surface area contributed by atoms with E-state index in [4.69, 9.17) is 19.6 Å². The van der Waals surface area contributed by atoms with Gasteiger partial charge in [-0.15, -0.1) is 0 Å². The number of hydrogen-bond acceptors (Lipinski definition) is 2. The highest BCUT2D eigenvalue weighted by Crippen LogP contribution is 2.71. The first-order chi connectivity index (χ1) is 5.44. The Morgan fingerprint density at radius 1 is 1.00 bits per heavy atom. The Balaban J connectivity index is 5.50. The molecule has 0 fully saturated rings. The molecule has 0 unspecified atom stereocenters. The van der Waals surface area contributed by atoms with Gasteiger partial charge in [0, 0.05) is 0 Å². The van der Waals surface area contributed by atoms with Gasteiger partial charge in [-0.3, -0.25) is 9.13 Å². The standard InChI is InChI=1S/C5H14O6P2/c1-4(2)5(3,12(6,7)8)13(9,10)11/h4H,1-3H3,(H2,6,7,8)(H2,9,10,11). The van der Waals surface area contributed by atoms with Gasteiger partial charge >= 0.3 is 15.2 Å². The summed E-state index contributed by atoms with van der Waals surface area (Å²) in [7, 11) is -9.66. The minimum absolute atomic E-state index is 0.811. The molecule has 0 amide bonds. The molecular formula is C5H14O6P2. The Hall–Kier alpha value is 0.300. The van der Waals surface area contributed by atoms with E-state index in [1.807, 2.05) is 0 Å². The van der Waals surface area contributed by atoms with E-state index in [9.17, 15) is 9.13 Å². The fourth-order valence-electron chi connectivity index (χ4n) is 0.842. The maximum Gasteiger partial charge on any atom is 0.343 e. The molecule has 8 heteroatoms. The van der Waals surface area contributed by atoms with Gasteiger partial charge in [0.1, 0.15) is 0 Å². The van der Waals surface area contributed by atoms with Crippen molar-refractivity contribution in [1.82, 2.24) is 0 Å². The van der Waals surface area contributed by atoms with Crippen LogP contribution in [0.4, 0.5) is 0 Å². The Morgan fingerprint density at radius 3 is 1.23 bits per heavy atom. The first-order valence-electron chi connectivity index (χ1n) is 3.56. The predicted molar refractivity (Wildman–Crippen MR) is 47.3 cm³/mol. The smallest absolute Gasteiger partial charge is 0.324 e. The molecule has 0 spiro atoms. The molecule has 6 nitrogen and oxygen atoms in total. The lowest BCUT2D eigenvalue weighted by atomic mass is 10.1. The van der Waals surface area contributed by atoms with E-state index in [0.717, 1.165) is 6.92 Å². The summed E-state index contributed by atoms with van der Waals surface area (Å²) in [5.74, 6) is -0.811. The molecule has 4 N–H and O–H groups in total. The van der Waals surface area contributed by atoms with Crippen LogP contribution in [0.2, 0.25) is 0 Å². The lowest BCUT2D eigenvalue weighted by molar-refractivity contribution is 0.289. The summed E-state index contributed by atoms with van der Waals surface area (Å²) in [5.41, 5.74) is 0. The van der Waals surface area contributed by atoms with Gasteiger partial charge in [-0.1, -0.05) is 13.8 Å². The molecule has 0 saturated heterocycles. The van der Waals surface area contributed by atoms with Crippen molar-refractivity contribution in [3.8, 4) is 0 Å². The quantitative estimate of drug-likeness (QED) is 0.533. The Morgan fingerprint density at radius 2 is 1.23 bits per heavy atom. The average molecular weight is 232 g/mol. The molecule has 0 aliphatic carbocycles. The molecule has 0 heterocycles. The summed E-state index contributed by atoms with van der Waals surface area (Å²) in [4.78, 5) is 33.2. The molecule has 0 aliphatic heterocycles. The zero-order valence-electron chi connectivity index (χ0n) is 7.58. The summed E-state index contributed by atoms with van der Waals surface area (Å²) in [6.45, 7) is 3.62. The van der Waals surface area contributed by atoms with Crippen LogP contribution in [0.25, 0.3) is 0 Å². The second kappa shape index (κ2) is 3.46. The lowest BCUT2D eigenvalue weighted by Gasteiger charge is -2.34. The normalized spacial score (nSPS) is 15.1. The monoisotopic (exact) mass is 232 g/mol. The molecule has 0 aromatic carbocycles. The first kappa shape index (κ1) is 13.3. The van der Waals surface area contributed by atoms with E-state index in [0.29, 0.717) is 0 Å². The minimum Gasteiger partial charge on any atom is -0.324 e. The second-order valence-electron chi connectivity index (χ2n) is 3.34. The maximum atomic E-state index is 10.9. The van der Waals surface area contributed by atoms with Crippen molar-refractivity contribution in [3.63, 3.8) is 0 Å². The van der Waals surface area contributed by atoms with Crippen LogP contribution >= 0.6 is 15.2 Å². The largest absolute Gasteiger partial charge is 0.343 e. The Labute approximate surface area is 76.3 Å². The number of rotatable bonds is 3. The highest BCUT2D eigenvalue weighted by atomic mass is 31.2. The van der Waals surface area contributed by atoms with Gasteiger partial charge in [-0.2, -0.15) is 0 Å². The van der Waals surface area contributed by atoms with E-state index in [1.54, 1.807) is 0 Å². The molecule has 0 bridgehead atoms. The molecule has 13 heavy (non-hydrogen) atoms. The molecule has 0 atom stereocenters. The molecule has 80 valence electrons. The van der Waals surface area contributed by atoms with Gasteiger partial charge in [-0.25, -0.2) is 0 Å². The van der Waals surface area contributed by atoms with E-state index in [1.165, 1.54) is 13.8 Å². The Bertz CT molecular complexity index is 251. The molecule has 0 radical (unpaired) electrons. The summed E-state index contributed by atoms with van der Waals surface area (Å²) in [6.07, 6.45) is 0. The third kappa shape index (κ3) is 2.21. The van der Waals surface area contributed by atoms with Gasteiger partial charge in [0.05, 0.1) is 0 Å². The molecule has 0 aromatic rings. The van der Waals surface area contributed by atoms with Crippen molar-refractivity contribution in [2.24, 2.45) is 5.92 Å². The zero-order chi connectivity index (χ0) is 11.1. The van der Waals surface area contributed by atoms with Crippen molar-refractivity contribution in [2.75, 3.05) is 0 Å². The fourth-order valence-corrected chi connectivity index (χ4v) is 3.55. The molecule has 0 aromatic heterocycles. The van der Waals surface area contributed by atoms with Gasteiger partial charge in [0.2, 0.25) is 0 Å². The fraction of sp³-hybridized carbons (Fsp3) is 1.00. The summed E-state index contributed by atoms with van der Waals surface area (Å²) < 4.78 is 21.9. The predicted octanol–water partition coefficient (Wildman–Crippen LogP) is 0.714. The van der Waals surface area contributed by atoms with E-state index in [2.05, 4.69) is 0 Å². The highest BCUT2D eigenvalue weighted by Gasteiger charge is 2.58. The average Bonchev–Trinajstić information content (AvgIpc) is 1.80. The molecule has 0 saturated carbocycles. The molecule has 0 aliphatic rings. The van der Waals surface area contributed by atoms with Gasteiger partial charge in [-0.05, 0) is 12.8 Å². The van der Waals surface area contributed by atoms with Crippen molar-refractivity contribution < 1.29 is 28.7 Å². The summed E-state index contributed by atoms with van der Waals surface area (Å²) >= 11 is 0. The van der Waals surface area contributed by atoms with Crippen LogP contribution in [0.5, 0.6) is 0 Å². The maximum absolute atomic E-state index is 10.9. The first-order valence-corrected chi connectivity index (χ1v) is 6.78. The van der Waals surface area contributed by atoms with Gasteiger partial charge in [0.15, 0.2) is 4.90 Å². The number of hydrogen-bond donors (Lipinski definition) is 4. The third-order valence-electron chi connectivity index (χ3n) is 2.27. The van der Waals surface area contributed by atoms with Crippen LogP contribution in [0, 0.1) is 5.92 Å². The SMILES string of the molecule is CC(C)C(C)(P(=O)(O)O)P(=O)(O)O. The van der Waals surface area contributed by atoms with Crippen molar-refractivity contribution >= 4 is 15.2 Å². The van der Waals surface area contributed by atoms with E-state index < -0.39 is 26.0 Å². The zero-order valence-corrected chi connectivity index (χ0v) is 9.37. The lowest BCUT2D eigenvalue weighted by Crippen LogP contribution is -2.31. The van der Waals surface area contributed by atoms with Crippen molar-refractivity contribution in [2.45, 2.75) is 25.7 Å². The van der Waals surface area contributed by atoms with Crippen LogP contribution in [0.3, 0.4) is 0 Å². The second-order valence-corrected chi connectivity index (χ2v) is 7.72. The molecular weight excluding hydrogens is 218 g/mol. The Kier molecular flexibility index (Phi) is 3.54. The van der Waals surface area contributed by atoms with Crippen molar-refractivity contribution in [3.05, 3.63) is 0 Å². The highest BCUT2D eigenvalue weighted by molar-refractivity contribution is 7.72. The molecule has 0 rings (SSSR count). The third-order valence-corrected chi connectivity index (χ3v) is 7.23. The van der Waals surface area contributed by atoms with Crippen molar-refractivity contribution in [1.29, 1.82) is 0 Å². The summed E-state index contributed by atoms with van der Waals surface area (Å²) in [6, 6.07) is 0. The van der Waals surface area contributed by atoms with Crippen LogP contribution in [0.15, 0.2) is 0 Å². The van der Waals surface area contributed by atoms with E-state index >= 15 is 0 Å². The van der Waals surface area contributed by atoms with Crippen LogP contribution in [-0.2, 0) is 9.13 Å². The van der Waals surface area contributed by atoms with Crippen LogP contribution in [-0.4, -0.2) is 24.5 Å². The topological polar surface area (TPSA) is 115 Å². The van der Waals surface area contributed by atoms with Gasteiger partial charge < -0.3 is 19.6 Å². The van der Waals surface area contributed by atoms with Crippen LogP contribution < -0.4 is 0 Å². The van der Waals surface area contributed by atoms with Gasteiger partial charge in [0.25, 0.3) is 0 Å².